The molecule has 1 aromatic carbocycles. The molecule has 2 aromatic rings. The van der Waals surface area contributed by atoms with E-state index in [1.165, 1.54) is 5.56 Å². The highest BCUT2D eigenvalue weighted by atomic mass is 35.5. The van der Waals surface area contributed by atoms with Crippen molar-refractivity contribution in [3.63, 3.8) is 0 Å². The molecule has 1 N–H and O–H groups in total. The van der Waals surface area contributed by atoms with Crippen LogP contribution in [0.4, 0.5) is 0 Å². The number of aryl methyl sites for hydroxylation is 1. The molecule has 0 spiro atoms. The zero-order valence-corrected chi connectivity index (χ0v) is 12.9. The van der Waals surface area contributed by atoms with Gasteiger partial charge in [-0.05, 0) is 31.0 Å². The Morgan fingerprint density at radius 1 is 1.33 bits per heavy atom. The van der Waals surface area contributed by atoms with E-state index in [0.29, 0.717) is 6.04 Å². The maximum absolute atomic E-state index is 5.50. The van der Waals surface area contributed by atoms with Crippen LogP contribution in [0.2, 0.25) is 0 Å². The molecule has 4 nitrogen and oxygen atoms in total. The normalized spacial score (nSPS) is 18.0. The van der Waals surface area contributed by atoms with Gasteiger partial charge in [0.2, 0.25) is 0 Å². The summed E-state index contributed by atoms with van der Waals surface area (Å²) in [4.78, 5) is 8.83. The fourth-order valence-corrected chi connectivity index (χ4v) is 2.46. The minimum absolute atomic E-state index is 0. The Bertz CT molecular complexity index is 585. The molecule has 112 valence electrons. The quantitative estimate of drug-likeness (QED) is 0.946. The van der Waals surface area contributed by atoms with Gasteiger partial charge in [0.15, 0.2) is 5.82 Å². The second-order valence-corrected chi connectivity index (χ2v) is 5.15. The Morgan fingerprint density at radius 3 is 3.00 bits per heavy atom. The molecule has 0 radical (unpaired) electrons. The summed E-state index contributed by atoms with van der Waals surface area (Å²) in [5.74, 6) is 0.791. The van der Waals surface area contributed by atoms with Gasteiger partial charge in [0.25, 0.3) is 0 Å². The van der Waals surface area contributed by atoms with Crippen LogP contribution in [0.15, 0.2) is 36.5 Å². The van der Waals surface area contributed by atoms with Gasteiger partial charge in [-0.25, -0.2) is 9.97 Å². The number of rotatable bonds is 3. The summed E-state index contributed by atoms with van der Waals surface area (Å²) in [7, 11) is 0. The van der Waals surface area contributed by atoms with Crippen LogP contribution in [0.25, 0.3) is 11.4 Å². The van der Waals surface area contributed by atoms with Crippen LogP contribution in [-0.4, -0.2) is 35.8 Å². The van der Waals surface area contributed by atoms with Crippen molar-refractivity contribution in [3.8, 4) is 11.4 Å². The predicted octanol–water partition coefficient (Wildman–Crippen LogP) is 2.40. The molecule has 1 fully saturated rings. The first kappa shape index (κ1) is 15.9. The average molecular weight is 306 g/mol. The molecule has 1 atom stereocenters. The second kappa shape index (κ2) is 7.50. The molecule has 2 heterocycles. The molecule has 3 rings (SSSR count). The molecule has 1 aliphatic heterocycles. The molecular formula is C16H20ClN3O. The highest BCUT2D eigenvalue weighted by Crippen LogP contribution is 2.17. The lowest BCUT2D eigenvalue weighted by Gasteiger charge is -2.23. The van der Waals surface area contributed by atoms with E-state index >= 15 is 0 Å². The van der Waals surface area contributed by atoms with Gasteiger partial charge in [0.1, 0.15) is 0 Å². The van der Waals surface area contributed by atoms with Gasteiger partial charge in [-0.2, -0.15) is 0 Å². The topological polar surface area (TPSA) is 47.0 Å². The Labute approximate surface area is 131 Å². The van der Waals surface area contributed by atoms with Gasteiger partial charge < -0.3 is 10.1 Å². The summed E-state index contributed by atoms with van der Waals surface area (Å²) in [6.45, 7) is 4.52. The van der Waals surface area contributed by atoms with E-state index in [1.54, 1.807) is 6.20 Å². The van der Waals surface area contributed by atoms with Crippen LogP contribution in [0.3, 0.4) is 0 Å². The standard InChI is InChI=1S/C16H19N3O.ClH/c1-12-5-6-18-16(19-12)14-4-2-3-13(9-14)10-15-11-20-8-7-17-15;/h2-6,9,15,17H,7-8,10-11H2,1H3;1H. The van der Waals surface area contributed by atoms with Crippen LogP contribution in [0.5, 0.6) is 0 Å². The Balaban J connectivity index is 0.00000161. The van der Waals surface area contributed by atoms with E-state index in [2.05, 4.69) is 39.6 Å². The van der Waals surface area contributed by atoms with Crippen LogP contribution in [0.1, 0.15) is 11.3 Å². The van der Waals surface area contributed by atoms with Crippen LogP contribution in [-0.2, 0) is 11.2 Å². The van der Waals surface area contributed by atoms with E-state index in [-0.39, 0.29) is 12.4 Å². The lowest BCUT2D eigenvalue weighted by Crippen LogP contribution is -2.42. The van der Waals surface area contributed by atoms with Crippen molar-refractivity contribution < 1.29 is 4.74 Å². The third kappa shape index (κ3) is 4.24. The lowest BCUT2D eigenvalue weighted by molar-refractivity contribution is 0.0770. The zero-order valence-electron chi connectivity index (χ0n) is 12.1. The summed E-state index contributed by atoms with van der Waals surface area (Å²) in [5.41, 5.74) is 3.35. The highest BCUT2D eigenvalue weighted by molar-refractivity contribution is 5.85. The Hall–Kier alpha value is -1.49. The summed E-state index contributed by atoms with van der Waals surface area (Å²) in [6, 6.07) is 10.8. The highest BCUT2D eigenvalue weighted by Gasteiger charge is 2.13. The summed E-state index contributed by atoms with van der Waals surface area (Å²) < 4.78 is 5.50. The number of nitrogens with one attached hydrogen (secondary N) is 1. The smallest absolute Gasteiger partial charge is 0.159 e. The van der Waals surface area contributed by atoms with Crippen molar-refractivity contribution in [3.05, 3.63) is 47.8 Å². The number of halogens is 1. The number of hydrogen-bond donors (Lipinski definition) is 1. The fourth-order valence-electron chi connectivity index (χ4n) is 2.46. The monoisotopic (exact) mass is 305 g/mol. The van der Waals surface area contributed by atoms with Crippen molar-refractivity contribution in [2.24, 2.45) is 0 Å². The van der Waals surface area contributed by atoms with E-state index < -0.39 is 0 Å². The molecule has 1 saturated heterocycles. The minimum Gasteiger partial charge on any atom is -0.379 e. The van der Waals surface area contributed by atoms with Crippen LogP contribution in [0, 0.1) is 6.92 Å². The summed E-state index contributed by atoms with van der Waals surface area (Å²) in [6.07, 6.45) is 2.78. The molecule has 1 aliphatic rings. The van der Waals surface area contributed by atoms with Gasteiger partial charge >= 0.3 is 0 Å². The zero-order chi connectivity index (χ0) is 13.8. The van der Waals surface area contributed by atoms with Crippen LogP contribution >= 0.6 is 12.4 Å². The molecule has 5 heteroatoms. The van der Waals surface area contributed by atoms with Gasteiger partial charge in [0, 0.05) is 30.0 Å². The Morgan fingerprint density at radius 2 is 2.24 bits per heavy atom. The first-order valence-electron chi connectivity index (χ1n) is 7.01. The van der Waals surface area contributed by atoms with E-state index in [4.69, 9.17) is 4.74 Å². The number of morpholine rings is 1. The Kier molecular flexibility index (Phi) is 5.67. The molecule has 0 saturated carbocycles. The number of aromatic nitrogens is 2. The van der Waals surface area contributed by atoms with Crippen molar-refractivity contribution in [2.45, 2.75) is 19.4 Å². The number of nitrogens with zero attached hydrogens (tertiary/aromatic N) is 2. The third-order valence-corrected chi connectivity index (χ3v) is 3.46. The lowest BCUT2D eigenvalue weighted by atomic mass is 10.0. The molecule has 1 unspecified atom stereocenters. The minimum atomic E-state index is 0. The SMILES string of the molecule is Cc1ccnc(-c2cccc(CC3COCCN3)c2)n1.Cl. The number of hydrogen-bond acceptors (Lipinski definition) is 4. The average Bonchev–Trinajstić information content (AvgIpc) is 2.49. The molecule has 0 bridgehead atoms. The fraction of sp³-hybridized carbons (Fsp3) is 0.375. The van der Waals surface area contributed by atoms with Gasteiger partial charge in [0.05, 0.1) is 13.2 Å². The second-order valence-electron chi connectivity index (χ2n) is 5.15. The van der Waals surface area contributed by atoms with Crippen molar-refractivity contribution >= 4 is 12.4 Å². The largest absolute Gasteiger partial charge is 0.379 e. The summed E-state index contributed by atoms with van der Waals surface area (Å²) in [5, 5.41) is 3.48. The maximum Gasteiger partial charge on any atom is 0.159 e. The van der Waals surface area contributed by atoms with Crippen molar-refractivity contribution in [1.82, 2.24) is 15.3 Å². The predicted molar refractivity (Wildman–Crippen MR) is 85.8 cm³/mol. The first-order chi connectivity index (χ1) is 9.81. The third-order valence-electron chi connectivity index (χ3n) is 3.46. The molecule has 0 amide bonds. The summed E-state index contributed by atoms with van der Waals surface area (Å²) >= 11 is 0. The number of benzene rings is 1. The van der Waals surface area contributed by atoms with Crippen molar-refractivity contribution in [1.29, 1.82) is 0 Å². The molecule has 21 heavy (non-hydrogen) atoms. The van der Waals surface area contributed by atoms with Gasteiger partial charge in [-0.3, -0.25) is 0 Å². The van der Waals surface area contributed by atoms with E-state index in [9.17, 15) is 0 Å². The van der Waals surface area contributed by atoms with E-state index in [1.807, 2.05) is 13.0 Å². The molecular weight excluding hydrogens is 286 g/mol. The molecule has 1 aromatic heterocycles. The van der Waals surface area contributed by atoms with Gasteiger partial charge in [-0.15, -0.1) is 12.4 Å². The van der Waals surface area contributed by atoms with E-state index in [0.717, 1.165) is 43.3 Å². The molecule has 0 aliphatic carbocycles. The first-order valence-corrected chi connectivity index (χ1v) is 7.01. The number of ether oxygens (including phenoxy) is 1. The maximum atomic E-state index is 5.50. The van der Waals surface area contributed by atoms with Gasteiger partial charge in [-0.1, -0.05) is 18.2 Å². The van der Waals surface area contributed by atoms with Crippen molar-refractivity contribution in [2.75, 3.05) is 19.8 Å². The van der Waals surface area contributed by atoms with Crippen LogP contribution < -0.4 is 5.32 Å².